The van der Waals surface area contributed by atoms with Crippen LogP contribution >= 0.6 is 0 Å². The molecule has 0 saturated carbocycles. The molecule has 1 N–H and O–H groups in total. The molecule has 33 heavy (non-hydrogen) atoms. The molecule has 10 heteroatoms. The normalized spacial score (nSPS) is 15.5. The highest BCUT2D eigenvalue weighted by molar-refractivity contribution is 7.86. The lowest BCUT2D eigenvalue weighted by Gasteiger charge is -2.33. The molecular formula is C23H28F3N3O3S. The van der Waals surface area contributed by atoms with Gasteiger partial charge in [0.25, 0.3) is 5.91 Å². The Morgan fingerprint density at radius 3 is 2.36 bits per heavy atom. The van der Waals surface area contributed by atoms with Gasteiger partial charge in [0.2, 0.25) is 5.88 Å². The minimum Gasteiger partial charge on any atom is -0.474 e. The SMILES string of the molecule is CC(C)(C)CC(C)(C)NC(=O)c1cnc2c(c1)N(S(=O)c1ccc(C(F)(F)F)cc1)CCO2. The van der Waals surface area contributed by atoms with E-state index < -0.39 is 28.3 Å². The second-order valence-electron chi connectivity index (χ2n) is 9.85. The highest BCUT2D eigenvalue weighted by atomic mass is 32.2. The first kappa shape index (κ1) is 25.0. The first-order valence-corrected chi connectivity index (χ1v) is 11.6. The predicted octanol–water partition coefficient (Wildman–Crippen LogP) is 4.97. The molecule has 3 rings (SSSR count). The fraction of sp³-hybridized carbons (Fsp3) is 0.478. The molecule has 180 valence electrons. The van der Waals surface area contributed by atoms with Crippen LogP contribution in [-0.4, -0.2) is 33.8 Å². The fourth-order valence-corrected chi connectivity index (χ4v) is 5.18. The maximum Gasteiger partial charge on any atom is 0.416 e. The molecule has 0 aliphatic carbocycles. The number of ether oxygens (including phenoxy) is 1. The third-order valence-corrected chi connectivity index (χ3v) is 6.36. The van der Waals surface area contributed by atoms with Crippen molar-refractivity contribution >= 4 is 22.6 Å². The number of nitrogens with zero attached hydrogens (tertiary/aromatic N) is 2. The number of alkyl halides is 3. The number of nitrogens with one attached hydrogen (secondary N) is 1. The minimum atomic E-state index is -4.47. The molecule has 1 aromatic heterocycles. The molecule has 2 heterocycles. The number of aromatic nitrogens is 1. The van der Waals surface area contributed by atoms with Crippen LogP contribution in [0.3, 0.4) is 0 Å². The van der Waals surface area contributed by atoms with Gasteiger partial charge in [0.15, 0.2) is 11.0 Å². The molecule has 0 bridgehead atoms. The van der Waals surface area contributed by atoms with Crippen LogP contribution in [0.15, 0.2) is 41.4 Å². The summed E-state index contributed by atoms with van der Waals surface area (Å²) in [6.45, 7) is 10.6. The summed E-state index contributed by atoms with van der Waals surface area (Å²) in [5.74, 6) is -0.114. The van der Waals surface area contributed by atoms with E-state index in [1.54, 1.807) is 6.07 Å². The molecule has 1 aliphatic heterocycles. The van der Waals surface area contributed by atoms with E-state index in [1.807, 2.05) is 13.8 Å². The van der Waals surface area contributed by atoms with Gasteiger partial charge in [-0.05, 0) is 56.0 Å². The number of rotatable bonds is 5. The van der Waals surface area contributed by atoms with E-state index >= 15 is 0 Å². The van der Waals surface area contributed by atoms with Gasteiger partial charge in [0.05, 0.1) is 22.6 Å². The second-order valence-corrected chi connectivity index (χ2v) is 11.3. The molecule has 1 amide bonds. The number of pyridine rings is 1. The third kappa shape index (κ3) is 6.25. The van der Waals surface area contributed by atoms with Gasteiger partial charge in [-0.25, -0.2) is 9.19 Å². The van der Waals surface area contributed by atoms with Crippen LogP contribution in [0.4, 0.5) is 18.9 Å². The number of fused-ring (bicyclic) bond motifs is 1. The summed E-state index contributed by atoms with van der Waals surface area (Å²) in [4.78, 5) is 17.3. The van der Waals surface area contributed by atoms with Crippen molar-refractivity contribution in [2.45, 2.75) is 57.7 Å². The summed E-state index contributed by atoms with van der Waals surface area (Å²) < 4.78 is 58.7. The largest absolute Gasteiger partial charge is 0.474 e. The van der Waals surface area contributed by atoms with E-state index in [1.165, 1.54) is 22.6 Å². The van der Waals surface area contributed by atoms with E-state index in [-0.39, 0.29) is 40.8 Å². The molecule has 6 nitrogen and oxygen atoms in total. The van der Waals surface area contributed by atoms with Gasteiger partial charge in [0.1, 0.15) is 12.3 Å². The van der Waals surface area contributed by atoms with Gasteiger partial charge in [-0.2, -0.15) is 13.2 Å². The number of carbonyl (C=O) groups is 1. The molecule has 1 aliphatic rings. The van der Waals surface area contributed by atoms with Crippen molar-refractivity contribution in [1.82, 2.24) is 10.3 Å². The van der Waals surface area contributed by atoms with Crippen molar-refractivity contribution in [3.63, 3.8) is 0 Å². The van der Waals surface area contributed by atoms with E-state index in [9.17, 15) is 22.2 Å². The summed E-state index contributed by atoms with van der Waals surface area (Å²) >= 11 is 0. The molecule has 1 unspecified atom stereocenters. The number of hydrogen-bond acceptors (Lipinski definition) is 4. The topological polar surface area (TPSA) is 71.5 Å². The molecule has 0 spiro atoms. The zero-order valence-corrected chi connectivity index (χ0v) is 20.1. The monoisotopic (exact) mass is 483 g/mol. The van der Waals surface area contributed by atoms with Crippen molar-refractivity contribution in [2.75, 3.05) is 17.5 Å². The minimum absolute atomic E-state index is 0.00802. The standard InChI is InChI=1S/C23H28F3N3O3S/c1-21(2,3)14-22(4,5)28-19(30)15-12-18-20(27-13-15)32-11-10-29(18)33(31)17-8-6-16(7-9-17)23(24,25)26/h6-9,12-13H,10-11,14H2,1-5H3,(H,28,30). The Morgan fingerprint density at radius 1 is 1.15 bits per heavy atom. The average molecular weight is 484 g/mol. The van der Waals surface area contributed by atoms with E-state index in [0.717, 1.165) is 18.6 Å². The molecule has 1 atom stereocenters. The lowest BCUT2D eigenvalue weighted by Crippen LogP contribution is -2.46. The van der Waals surface area contributed by atoms with Crippen LogP contribution in [0.25, 0.3) is 0 Å². The number of halogens is 3. The van der Waals surface area contributed by atoms with Crippen LogP contribution in [0.5, 0.6) is 5.88 Å². The molecule has 0 saturated heterocycles. The van der Waals surface area contributed by atoms with Crippen LogP contribution in [0, 0.1) is 5.41 Å². The summed E-state index contributed by atoms with van der Waals surface area (Å²) in [6.07, 6.45) is -2.33. The lowest BCUT2D eigenvalue weighted by molar-refractivity contribution is -0.137. The zero-order valence-electron chi connectivity index (χ0n) is 19.2. The highest BCUT2D eigenvalue weighted by Crippen LogP contribution is 2.34. The van der Waals surface area contributed by atoms with Gasteiger partial charge >= 0.3 is 6.18 Å². The summed E-state index contributed by atoms with van der Waals surface area (Å²) in [7, 11) is -1.81. The molecular weight excluding hydrogens is 455 g/mol. The smallest absolute Gasteiger partial charge is 0.416 e. The first-order valence-electron chi connectivity index (χ1n) is 10.5. The van der Waals surface area contributed by atoms with E-state index in [0.29, 0.717) is 5.69 Å². The van der Waals surface area contributed by atoms with Crippen molar-refractivity contribution in [3.8, 4) is 5.88 Å². The Hall–Kier alpha value is -2.62. The van der Waals surface area contributed by atoms with Crippen molar-refractivity contribution in [2.24, 2.45) is 5.41 Å². The average Bonchev–Trinajstić information content (AvgIpc) is 2.69. The molecule has 0 radical (unpaired) electrons. The maximum atomic E-state index is 13.2. The van der Waals surface area contributed by atoms with Gasteiger partial charge in [-0.1, -0.05) is 20.8 Å². The summed E-state index contributed by atoms with van der Waals surface area (Å²) in [5.41, 5.74) is -0.654. The van der Waals surface area contributed by atoms with E-state index in [2.05, 4.69) is 31.1 Å². The predicted molar refractivity (Wildman–Crippen MR) is 121 cm³/mol. The first-order chi connectivity index (χ1) is 15.2. The van der Waals surface area contributed by atoms with Gasteiger partial charge in [0, 0.05) is 11.7 Å². The van der Waals surface area contributed by atoms with Gasteiger partial charge < -0.3 is 10.1 Å². The van der Waals surface area contributed by atoms with Crippen LogP contribution in [0.2, 0.25) is 0 Å². The Balaban J connectivity index is 1.85. The lowest BCUT2D eigenvalue weighted by atomic mass is 9.81. The molecule has 1 aromatic carbocycles. The molecule has 2 aromatic rings. The van der Waals surface area contributed by atoms with Gasteiger partial charge in [-0.3, -0.25) is 9.10 Å². The van der Waals surface area contributed by atoms with Crippen LogP contribution in [0.1, 0.15) is 57.0 Å². The van der Waals surface area contributed by atoms with Gasteiger partial charge in [-0.15, -0.1) is 0 Å². The number of amides is 1. The number of benzene rings is 1. The maximum absolute atomic E-state index is 13.2. The number of hydrogen-bond donors (Lipinski definition) is 1. The Bertz CT molecular complexity index is 1050. The van der Waals surface area contributed by atoms with Crippen molar-refractivity contribution in [1.29, 1.82) is 0 Å². The Labute approximate surface area is 194 Å². The highest BCUT2D eigenvalue weighted by Gasteiger charge is 2.32. The summed E-state index contributed by atoms with van der Waals surface area (Å²) in [6, 6.07) is 5.72. The number of anilines is 1. The van der Waals surface area contributed by atoms with Crippen LogP contribution < -0.4 is 14.4 Å². The quantitative estimate of drug-likeness (QED) is 0.652. The number of carbonyl (C=O) groups excluding carboxylic acids is 1. The Kier molecular flexibility index (Phi) is 6.79. The third-order valence-electron chi connectivity index (χ3n) is 4.90. The van der Waals surface area contributed by atoms with Crippen LogP contribution in [-0.2, 0) is 17.2 Å². The van der Waals surface area contributed by atoms with Crippen molar-refractivity contribution in [3.05, 3.63) is 47.7 Å². The fourth-order valence-electron chi connectivity index (χ4n) is 4.01. The zero-order chi connectivity index (χ0) is 24.6. The Morgan fingerprint density at radius 2 is 1.79 bits per heavy atom. The molecule has 0 fully saturated rings. The van der Waals surface area contributed by atoms with E-state index in [4.69, 9.17) is 4.74 Å². The van der Waals surface area contributed by atoms with Crippen molar-refractivity contribution < 1.29 is 26.9 Å². The summed E-state index contributed by atoms with van der Waals surface area (Å²) in [5, 5.41) is 3.01. The second kappa shape index (κ2) is 8.96.